The van der Waals surface area contributed by atoms with Crippen molar-refractivity contribution in [2.75, 3.05) is 13.1 Å². The van der Waals surface area contributed by atoms with Crippen LogP contribution in [0, 0.1) is 11.8 Å². The Morgan fingerprint density at radius 1 is 0.880 bits per heavy atom. The fraction of sp³-hybridized carbons (Fsp3) is 0.750. The smallest absolute Gasteiger partial charge is 0.275 e. The third-order valence-corrected chi connectivity index (χ3v) is 3.34. The van der Waals surface area contributed by atoms with E-state index in [-0.39, 0.29) is 37.3 Å². The molecule has 0 saturated heterocycles. The fourth-order valence-electron chi connectivity index (χ4n) is 2.19. The van der Waals surface area contributed by atoms with Gasteiger partial charge in [0.2, 0.25) is 11.8 Å². The van der Waals surface area contributed by atoms with E-state index in [9.17, 15) is 24.3 Å². The molecule has 0 rings (SSSR count). The van der Waals surface area contributed by atoms with Crippen molar-refractivity contribution < 1.29 is 30.0 Å². The SMILES string of the molecule is CC(C)C[C@H](NC(=O)CNC(=O)[C@H](CC(C)C)NC(=O)C[NH3+])C(=O)[O-]. The summed E-state index contributed by atoms with van der Waals surface area (Å²) in [5, 5.41) is 18.3. The number of carbonyl (C=O) groups excluding carboxylic acids is 4. The summed E-state index contributed by atoms with van der Waals surface area (Å²) in [4.78, 5) is 46.5. The van der Waals surface area contributed by atoms with Crippen LogP contribution in [-0.4, -0.2) is 48.9 Å². The molecular weight excluding hydrogens is 328 g/mol. The highest BCUT2D eigenvalue weighted by atomic mass is 16.4. The van der Waals surface area contributed by atoms with Crippen LogP contribution in [0.25, 0.3) is 0 Å². The van der Waals surface area contributed by atoms with Crippen LogP contribution in [0.1, 0.15) is 40.5 Å². The lowest BCUT2D eigenvalue weighted by molar-refractivity contribution is -0.355. The van der Waals surface area contributed by atoms with Gasteiger partial charge in [0.25, 0.3) is 5.91 Å². The number of rotatable bonds is 11. The van der Waals surface area contributed by atoms with E-state index in [0.717, 1.165) is 0 Å². The van der Waals surface area contributed by atoms with Gasteiger partial charge < -0.3 is 31.6 Å². The van der Waals surface area contributed by atoms with Crippen LogP contribution in [0.15, 0.2) is 0 Å². The number of quaternary nitrogens is 1. The van der Waals surface area contributed by atoms with Crippen molar-refractivity contribution in [2.24, 2.45) is 11.8 Å². The molecule has 2 atom stereocenters. The highest BCUT2D eigenvalue weighted by Crippen LogP contribution is 2.05. The average Bonchev–Trinajstić information content (AvgIpc) is 2.50. The lowest BCUT2D eigenvalue weighted by Crippen LogP contribution is -2.60. The number of carboxylic acids is 1. The summed E-state index contributed by atoms with van der Waals surface area (Å²) in [5.74, 6) is -2.64. The monoisotopic (exact) mass is 358 g/mol. The molecule has 0 aromatic heterocycles. The first kappa shape index (κ1) is 22.8. The third-order valence-electron chi connectivity index (χ3n) is 3.34. The van der Waals surface area contributed by atoms with Gasteiger partial charge in [-0.05, 0) is 24.7 Å². The second-order valence-electron chi connectivity index (χ2n) is 6.79. The number of carboxylic acid groups (broad SMARTS) is 1. The Morgan fingerprint density at radius 3 is 1.80 bits per heavy atom. The van der Waals surface area contributed by atoms with Crippen LogP contribution in [0.2, 0.25) is 0 Å². The topological polar surface area (TPSA) is 155 Å². The predicted molar refractivity (Wildman–Crippen MR) is 88.5 cm³/mol. The Bertz CT molecular complexity index is 479. The van der Waals surface area contributed by atoms with Gasteiger partial charge in [0, 0.05) is 0 Å². The largest absolute Gasteiger partial charge is 0.548 e. The van der Waals surface area contributed by atoms with E-state index in [2.05, 4.69) is 21.7 Å². The van der Waals surface area contributed by atoms with E-state index in [1.807, 2.05) is 27.7 Å². The Kier molecular flexibility index (Phi) is 10.4. The van der Waals surface area contributed by atoms with Crippen LogP contribution >= 0.6 is 0 Å². The Balaban J connectivity index is 4.62. The maximum absolute atomic E-state index is 12.2. The summed E-state index contributed by atoms with van der Waals surface area (Å²) in [6.45, 7) is 7.08. The van der Waals surface area contributed by atoms with Crippen molar-refractivity contribution in [1.29, 1.82) is 0 Å². The Hall–Kier alpha value is -2.16. The zero-order chi connectivity index (χ0) is 19.6. The van der Waals surface area contributed by atoms with E-state index >= 15 is 0 Å². The van der Waals surface area contributed by atoms with E-state index in [1.165, 1.54) is 0 Å². The van der Waals surface area contributed by atoms with Crippen molar-refractivity contribution >= 4 is 23.7 Å². The summed E-state index contributed by atoms with van der Waals surface area (Å²) < 4.78 is 0. The number of aliphatic carboxylic acids is 1. The average molecular weight is 358 g/mol. The maximum atomic E-state index is 12.2. The molecule has 0 spiro atoms. The first-order valence-corrected chi connectivity index (χ1v) is 8.43. The molecule has 0 unspecified atom stereocenters. The van der Waals surface area contributed by atoms with E-state index in [4.69, 9.17) is 0 Å². The Morgan fingerprint density at radius 2 is 1.36 bits per heavy atom. The summed E-state index contributed by atoms with van der Waals surface area (Å²) >= 11 is 0. The molecule has 0 radical (unpaired) electrons. The maximum Gasteiger partial charge on any atom is 0.275 e. The van der Waals surface area contributed by atoms with E-state index in [0.29, 0.717) is 6.42 Å². The zero-order valence-electron chi connectivity index (χ0n) is 15.4. The van der Waals surface area contributed by atoms with Crippen LogP contribution < -0.4 is 26.8 Å². The molecule has 9 heteroatoms. The van der Waals surface area contributed by atoms with Gasteiger partial charge in [-0.15, -0.1) is 0 Å². The van der Waals surface area contributed by atoms with Crippen LogP contribution in [0.3, 0.4) is 0 Å². The normalized spacial score (nSPS) is 13.2. The molecule has 0 aliphatic carbocycles. The van der Waals surface area contributed by atoms with Gasteiger partial charge >= 0.3 is 0 Å². The van der Waals surface area contributed by atoms with E-state index in [1.54, 1.807) is 0 Å². The molecule has 0 aromatic carbocycles. The minimum Gasteiger partial charge on any atom is -0.548 e. The first-order chi connectivity index (χ1) is 11.6. The lowest BCUT2D eigenvalue weighted by Gasteiger charge is -2.22. The van der Waals surface area contributed by atoms with E-state index < -0.39 is 29.9 Å². The van der Waals surface area contributed by atoms with Gasteiger partial charge in [-0.2, -0.15) is 0 Å². The fourth-order valence-corrected chi connectivity index (χ4v) is 2.19. The second-order valence-corrected chi connectivity index (χ2v) is 6.79. The van der Waals surface area contributed by atoms with Crippen molar-refractivity contribution in [1.82, 2.24) is 16.0 Å². The highest BCUT2D eigenvalue weighted by Gasteiger charge is 2.23. The van der Waals surface area contributed by atoms with Gasteiger partial charge in [-0.25, -0.2) is 0 Å². The summed E-state index contributed by atoms with van der Waals surface area (Å²) in [6.07, 6.45) is 0.645. The van der Waals surface area contributed by atoms with Crippen LogP contribution in [0.4, 0.5) is 0 Å². The van der Waals surface area contributed by atoms with Crippen molar-refractivity contribution in [3.63, 3.8) is 0 Å². The highest BCUT2D eigenvalue weighted by molar-refractivity contribution is 5.91. The molecule has 3 amide bonds. The van der Waals surface area contributed by atoms with Gasteiger partial charge in [0.1, 0.15) is 6.04 Å². The molecule has 0 aromatic rings. The van der Waals surface area contributed by atoms with Gasteiger partial charge in [0.05, 0.1) is 18.6 Å². The minimum atomic E-state index is -1.37. The molecule has 0 aliphatic heterocycles. The molecule has 9 nitrogen and oxygen atoms in total. The molecular formula is C16H30N4O5. The summed E-state index contributed by atoms with van der Waals surface area (Å²) in [6, 6.07) is -1.88. The Labute approximate surface area is 148 Å². The predicted octanol–water partition coefficient (Wildman–Crippen LogP) is -2.84. The molecule has 0 heterocycles. The summed E-state index contributed by atoms with van der Waals surface area (Å²) in [7, 11) is 0. The molecule has 25 heavy (non-hydrogen) atoms. The molecule has 0 bridgehead atoms. The van der Waals surface area contributed by atoms with Crippen molar-refractivity contribution in [3.8, 4) is 0 Å². The number of hydrogen-bond acceptors (Lipinski definition) is 5. The van der Waals surface area contributed by atoms with Gasteiger partial charge in [-0.3, -0.25) is 14.4 Å². The van der Waals surface area contributed by atoms with Crippen LogP contribution in [0.5, 0.6) is 0 Å². The molecule has 144 valence electrons. The molecule has 0 aliphatic rings. The minimum absolute atomic E-state index is 0.00482. The molecule has 0 fully saturated rings. The number of carbonyl (C=O) groups is 4. The first-order valence-electron chi connectivity index (χ1n) is 8.43. The quantitative estimate of drug-likeness (QED) is 0.313. The zero-order valence-corrected chi connectivity index (χ0v) is 15.4. The molecule has 0 saturated carbocycles. The number of nitrogens with one attached hydrogen (secondary N) is 3. The third kappa shape index (κ3) is 10.3. The standard InChI is InChI=1S/C16H30N4O5/c1-9(2)5-11(19-13(21)7-17)15(23)18-8-14(22)20-12(16(24)25)6-10(3)4/h9-12H,5-8,17H2,1-4H3,(H,18,23)(H,19,21)(H,20,22)(H,24,25)/t11-,12-/m0/s1. The van der Waals surface area contributed by atoms with Gasteiger partial charge in [-0.1, -0.05) is 27.7 Å². The lowest BCUT2D eigenvalue weighted by atomic mass is 10.0. The molecule has 6 N–H and O–H groups in total. The second kappa shape index (κ2) is 11.4. The van der Waals surface area contributed by atoms with Crippen molar-refractivity contribution in [3.05, 3.63) is 0 Å². The number of amides is 3. The number of hydrogen-bond donors (Lipinski definition) is 4. The van der Waals surface area contributed by atoms with Crippen LogP contribution in [-0.2, 0) is 19.2 Å². The van der Waals surface area contributed by atoms with Gasteiger partial charge in [0.15, 0.2) is 6.54 Å². The van der Waals surface area contributed by atoms with Crippen molar-refractivity contribution in [2.45, 2.75) is 52.6 Å². The summed E-state index contributed by atoms with van der Waals surface area (Å²) in [5.41, 5.74) is 3.45.